The summed E-state index contributed by atoms with van der Waals surface area (Å²) >= 11 is 0. The van der Waals surface area contributed by atoms with Crippen molar-refractivity contribution in [2.45, 2.75) is 0 Å². The highest BCUT2D eigenvalue weighted by Gasteiger charge is 2.15. The third kappa shape index (κ3) is 5.63. The number of nitrogens with zero attached hydrogens (tertiary/aromatic N) is 2. The number of rotatable bonds is 7. The van der Waals surface area contributed by atoms with E-state index in [2.05, 4.69) is 5.32 Å². The first kappa shape index (κ1) is 19.6. The highest BCUT2D eigenvalue weighted by molar-refractivity contribution is 5.97. The molecule has 2 aromatic rings. The number of hydrogen-bond donors (Lipinski definition) is 1. The van der Waals surface area contributed by atoms with E-state index in [9.17, 15) is 24.5 Å². The Hall–Kier alpha value is -3.75. The number of benzene rings is 2. The number of anilines is 1. The van der Waals surface area contributed by atoms with Crippen LogP contribution in [-0.2, 0) is 14.3 Å². The number of likely N-dealkylation sites (N-methyl/N-ethyl adjacent to an activating group) is 1. The zero-order valence-corrected chi connectivity index (χ0v) is 14.5. The molecule has 2 aromatic carbocycles. The van der Waals surface area contributed by atoms with Crippen LogP contribution in [0, 0.1) is 10.1 Å². The van der Waals surface area contributed by atoms with Crippen LogP contribution in [0.1, 0.15) is 10.4 Å². The molecule has 0 fully saturated rings. The van der Waals surface area contributed by atoms with Gasteiger partial charge in [0.15, 0.2) is 6.61 Å². The van der Waals surface area contributed by atoms with E-state index >= 15 is 0 Å². The van der Waals surface area contributed by atoms with E-state index in [1.165, 1.54) is 23.1 Å². The molecule has 0 bridgehead atoms. The smallest absolute Gasteiger partial charge is 0.325 e. The summed E-state index contributed by atoms with van der Waals surface area (Å²) in [5.74, 6) is -1.90. The third-order valence-corrected chi connectivity index (χ3v) is 3.59. The van der Waals surface area contributed by atoms with Gasteiger partial charge in [0, 0.05) is 30.4 Å². The molecular weight excluding hydrogens is 354 g/mol. The molecule has 0 saturated heterocycles. The molecule has 0 unspecified atom stereocenters. The van der Waals surface area contributed by atoms with Crippen molar-refractivity contribution in [3.63, 3.8) is 0 Å². The van der Waals surface area contributed by atoms with Crippen LogP contribution in [-0.4, -0.2) is 42.9 Å². The predicted molar refractivity (Wildman–Crippen MR) is 96.2 cm³/mol. The Morgan fingerprint density at radius 3 is 2.48 bits per heavy atom. The number of non-ortho nitro benzene ring substituents is 1. The Balaban J connectivity index is 1.80. The molecule has 140 valence electrons. The SMILES string of the molecule is CN(C(=O)COC(=O)CNC(=O)c1cccc([N+](=O)[O-])c1)c1ccccc1. The number of carbonyl (C=O) groups is 3. The average Bonchev–Trinajstić information content (AvgIpc) is 2.70. The van der Waals surface area contributed by atoms with Gasteiger partial charge in [-0.25, -0.2) is 0 Å². The standard InChI is InChI=1S/C18H17N3O6/c1-20(14-7-3-2-4-8-14)16(22)12-27-17(23)11-19-18(24)13-6-5-9-15(10-13)21(25)26/h2-10H,11-12H2,1H3,(H,19,24). The van der Waals surface area contributed by atoms with Crippen LogP contribution >= 0.6 is 0 Å². The van der Waals surface area contributed by atoms with Crippen molar-refractivity contribution in [1.82, 2.24) is 5.32 Å². The molecule has 9 nitrogen and oxygen atoms in total. The Morgan fingerprint density at radius 2 is 1.81 bits per heavy atom. The van der Waals surface area contributed by atoms with Gasteiger partial charge in [-0.3, -0.25) is 24.5 Å². The quantitative estimate of drug-likeness (QED) is 0.448. The maximum absolute atomic E-state index is 12.0. The summed E-state index contributed by atoms with van der Waals surface area (Å²) in [5.41, 5.74) is 0.453. The molecular formula is C18H17N3O6. The highest BCUT2D eigenvalue weighted by atomic mass is 16.6. The minimum Gasteiger partial charge on any atom is -0.454 e. The molecule has 0 atom stereocenters. The minimum atomic E-state index is -0.802. The molecule has 2 rings (SSSR count). The molecule has 0 radical (unpaired) electrons. The molecule has 0 aliphatic heterocycles. The molecule has 9 heteroatoms. The van der Waals surface area contributed by atoms with E-state index in [0.717, 1.165) is 6.07 Å². The van der Waals surface area contributed by atoms with E-state index in [1.807, 2.05) is 6.07 Å². The third-order valence-electron chi connectivity index (χ3n) is 3.59. The highest BCUT2D eigenvalue weighted by Crippen LogP contribution is 2.13. The van der Waals surface area contributed by atoms with Crippen LogP contribution in [0.2, 0.25) is 0 Å². The number of para-hydroxylation sites is 1. The summed E-state index contributed by atoms with van der Waals surface area (Å²) in [7, 11) is 1.55. The lowest BCUT2D eigenvalue weighted by Crippen LogP contribution is -2.34. The number of carbonyl (C=O) groups excluding carboxylic acids is 3. The van der Waals surface area contributed by atoms with E-state index in [4.69, 9.17) is 4.74 Å². The summed E-state index contributed by atoms with van der Waals surface area (Å²) in [5, 5.41) is 13.0. The lowest BCUT2D eigenvalue weighted by atomic mass is 10.2. The first-order valence-corrected chi connectivity index (χ1v) is 7.88. The fourth-order valence-electron chi connectivity index (χ4n) is 2.10. The lowest BCUT2D eigenvalue weighted by molar-refractivity contribution is -0.384. The summed E-state index contributed by atoms with van der Waals surface area (Å²) in [6.07, 6.45) is 0. The van der Waals surface area contributed by atoms with E-state index in [-0.39, 0.29) is 11.3 Å². The van der Waals surface area contributed by atoms with Gasteiger partial charge in [0.25, 0.3) is 17.5 Å². The van der Waals surface area contributed by atoms with Gasteiger partial charge in [0.1, 0.15) is 6.54 Å². The molecule has 0 heterocycles. The lowest BCUT2D eigenvalue weighted by Gasteiger charge is -2.17. The number of nitro groups is 1. The fraction of sp³-hybridized carbons (Fsp3) is 0.167. The van der Waals surface area contributed by atoms with Crippen molar-refractivity contribution in [2.24, 2.45) is 0 Å². The molecule has 0 aliphatic rings. The van der Waals surface area contributed by atoms with E-state index in [1.54, 1.807) is 31.3 Å². The largest absolute Gasteiger partial charge is 0.454 e. The molecule has 0 aliphatic carbocycles. The fourth-order valence-corrected chi connectivity index (χ4v) is 2.10. The summed E-state index contributed by atoms with van der Waals surface area (Å²) < 4.78 is 4.84. The zero-order valence-electron chi connectivity index (χ0n) is 14.5. The van der Waals surface area contributed by atoms with E-state index < -0.39 is 35.9 Å². The van der Waals surface area contributed by atoms with Crippen molar-refractivity contribution >= 4 is 29.2 Å². The first-order chi connectivity index (χ1) is 12.9. The number of hydrogen-bond acceptors (Lipinski definition) is 6. The molecule has 0 spiro atoms. The van der Waals surface area contributed by atoms with Crippen LogP contribution < -0.4 is 10.2 Å². The van der Waals surface area contributed by atoms with Gasteiger partial charge < -0.3 is 15.0 Å². The minimum absolute atomic E-state index is 0.0388. The van der Waals surface area contributed by atoms with Gasteiger partial charge in [-0.15, -0.1) is 0 Å². The summed E-state index contributed by atoms with van der Waals surface area (Å²) in [6.45, 7) is -0.944. The topological polar surface area (TPSA) is 119 Å². The second-order valence-electron chi connectivity index (χ2n) is 5.44. The first-order valence-electron chi connectivity index (χ1n) is 7.88. The Bertz CT molecular complexity index is 853. The van der Waals surface area contributed by atoms with Gasteiger partial charge in [-0.2, -0.15) is 0 Å². The van der Waals surface area contributed by atoms with Crippen LogP contribution in [0.3, 0.4) is 0 Å². The van der Waals surface area contributed by atoms with Gasteiger partial charge in [-0.05, 0) is 18.2 Å². The average molecular weight is 371 g/mol. The Morgan fingerprint density at radius 1 is 1.11 bits per heavy atom. The van der Waals surface area contributed by atoms with Crippen molar-refractivity contribution in [1.29, 1.82) is 0 Å². The number of nitrogens with one attached hydrogen (secondary N) is 1. The number of nitro benzene ring substituents is 1. The maximum Gasteiger partial charge on any atom is 0.325 e. The number of ether oxygens (including phenoxy) is 1. The van der Waals surface area contributed by atoms with Crippen LogP contribution in [0.4, 0.5) is 11.4 Å². The Labute approximate surface area is 154 Å². The predicted octanol–water partition coefficient (Wildman–Crippen LogP) is 1.53. The number of amides is 2. The van der Waals surface area contributed by atoms with Gasteiger partial charge in [-0.1, -0.05) is 24.3 Å². The summed E-state index contributed by atoms with van der Waals surface area (Å²) in [6, 6.07) is 13.9. The van der Waals surface area contributed by atoms with Crippen LogP contribution in [0.15, 0.2) is 54.6 Å². The van der Waals surface area contributed by atoms with Crippen molar-refractivity contribution in [3.05, 3.63) is 70.3 Å². The maximum atomic E-state index is 12.0. The van der Waals surface area contributed by atoms with Crippen molar-refractivity contribution < 1.29 is 24.0 Å². The second-order valence-corrected chi connectivity index (χ2v) is 5.44. The monoisotopic (exact) mass is 371 g/mol. The van der Waals surface area contributed by atoms with Crippen LogP contribution in [0.5, 0.6) is 0 Å². The zero-order chi connectivity index (χ0) is 19.8. The van der Waals surface area contributed by atoms with Crippen molar-refractivity contribution in [3.8, 4) is 0 Å². The Kier molecular flexibility index (Phi) is 6.59. The molecule has 0 saturated carbocycles. The normalized spacial score (nSPS) is 9.96. The van der Waals surface area contributed by atoms with E-state index in [0.29, 0.717) is 5.69 Å². The van der Waals surface area contributed by atoms with Gasteiger partial charge in [0.05, 0.1) is 4.92 Å². The molecule has 27 heavy (non-hydrogen) atoms. The van der Waals surface area contributed by atoms with Gasteiger partial charge in [0.2, 0.25) is 0 Å². The number of esters is 1. The molecule has 1 N–H and O–H groups in total. The second kappa shape index (κ2) is 9.09. The molecule has 2 amide bonds. The molecule has 0 aromatic heterocycles. The van der Waals surface area contributed by atoms with Crippen molar-refractivity contribution in [2.75, 3.05) is 25.1 Å². The summed E-state index contributed by atoms with van der Waals surface area (Å²) in [4.78, 5) is 47.1. The van der Waals surface area contributed by atoms with Gasteiger partial charge >= 0.3 is 5.97 Å². The van der Waals surface area contributed by atoms with Crippen LogP contribution in [0.25, 0.3) is 0 Å².